The summed E-state index contributed by atoms with van der Waals surface area (Å²) in [6.07, 6.45) is 1.61. The molecular weight excluding hydrogens is 299 g/mol. The summed E-state index contributed by atoms with van der Waals surface area (Å²) < 4.78 is 19.2. The number of nitrogens with zero attached hydrogens (tertiary/aromatic N) is 2. The Morgan fingerprint density at radius 3 is 2.87 bits per heavy atom. The van der Waals surface area contributed by atoms with Crippen molar-refractivity contribution in [3.8, 4) is 5.75 Å². The Morgan fingerprint density at radius 1 is 1.26 bits per heavy atom. The van der Waals surface area contributed by atoms with Crippen LogP contribution in [0.5, 0.6) is 5.75 Å². The minimum atomic E-state index is -0.496. The van der Waals surface area contributed by atoms with Crippen LogP contribution in [-0.2, 0) is 6.61 Å². The van der Waals surface area contributed by atoms with Crippen LogP contribution in [0.3, 0.4) is 0 Å². The highest BCUT2D eigenvalue weighted by Gasteiger charge is 2.16. The average molecular weight is 312 g/mol. The van der Waals surface area contributed by atoms with E-state index >= 15 is 0 Å². The smallest absolute Gasteiger partial charge is 0.311 e. The molecular formula is C17H13FN2O3. The van der Waals surface area contributed by atoms with Crippen molar-refractivity contribution in [1.82, 2.24) is 4.98 Å². The highest BCUT2D eigenvalue weighted by Crippen LogP contribution is 2.29. The molecule has 0 bridgehead atoms. The Bertz CT molecular complexity index is 896. The Balaban J connectivity index is 1.94. The van der Waals surface area contributed by atoms with Crippen LogP contribution in [0.25, 0.3) is 10.9 Å². The second kappa shape index (κ2) is 6.00. The summed E-state index contributed by atoms with van der Waals surface area (Å²) >= 11 is 0. The molecule has 0 unspecified atom stereocenters. The van der Waals surface area contributed by atoms with Gasteiger partial charge in [0.15, 0.2) is 5.75 Å². The second-order valence-electron chi connectivity index (χ2n) is 5.16. The first-order chi connectivity index (χ1) is 11.0. The first-order valence-electron chi connectivity index (χ1n) is 6.95. The highest BCUT2D eigenvalue weighted by molar-refractivity contribution is 5.81. The number of aryl methyl sites for hydroxylation is 1. The first kappa shape index (κ1) is 14.9. The Hall–Kier alpha value is -3.02. The van der Waals surface area contributed by atoms with Crippen molar-refractivity contribution in [3.05, 3.63) is 75.7 Å². The molecule has 1 aromatic heterocycles. The van der Waals surface area contributed by atoms with Crippen LogP contribution in [-0.4, -0.2) is 9.91 Å². The monoisotopic (exact) mass is 312 g/mol. The number of aromatic nitrogens is 1. The van der Waals surface area contributed by atoms with Crippen LogP contribution >= 0.6 is 0 Å². The number of fused-ring (bicyclic) bond motifs is 1. The predicted octanol–water partition coefficient (Wildman–Crippen LogP) is 4.17. The van der Waals surface area contributed by atoms with Crippen LogP contribution in [0.1, 0.15) is 11.1 Å². The summed E-state index contributed by atoms with van der Waals surface area (Å²) in [4.78, 5) is 14.8. The predicted molar refractivity (Wildman–Crippen MR) is 83.9 cm³/mol. The minimum Gasteiger partial charge on any atom is -0.482 e. The molecule has 0 N–H and O–H groups in total. The van der Waals surface area contributed by atoms with E-state index in [1.54, 1.807) is 37.4 Å². The van der Waals surface area contributed by atoms with Crippen LogP contribution in [0.2, 0.25) is 0 Å². The van der Waals surface area contributed by atoms with E-state index in [1.807, 2.05) is 0 Å². The number of rotatable bonds is 4. The maximum atomic E-state index is 13.7. The van der Waals surface area contributed by atoms with Gasteiger partial charge in [-0.1, -0.05) is 12.1 Å². The third kappa shape index (κ3) is 3.11. The minimum absolute atomic E-state index is 0.00479. The fourth-order valence-corrected chi connectivity index (χ4v) is 2.39. The molecule has 0 aliphatic carbocycles. The van der Waals surface area contributed by atoms with Crippen molar-refractivity contribution in [2.75, 3.05) is 0 Å². The third-order valence-electron chi connectivity index (χ3n) is 3.44. The SMILES string of the molecule is Cc1ccc(OCc2cc(F)cc3cccnc23)c([N+](=O)[O-])c1. The Morgan fingerprint density at radius 2 is 2.09 bits per heavy atom. The van der Waals surface area contributed by atoms with Crippen molar-refractivity contribution < 1.29 is 14.1 Å². The van der Waals surface area contributed by atoms with Gasteiger partial charge < -0.3 is 4.74 Å². The molecule has 0 amide bonds. The Kier molecular flexibility index (Phi) is 3.89. The van der Waals surface area contributed by atoms with Crippen molar-refractivity contribution >= 4 is 16.6 Å². The molecule has 3 aromatic rings. The number of hydrogen-bond donors (Lipinski definition) is 0. The lowest BCUT2D eigenvalue weighted by molar-refractivity contribution is -0.386. The number of nitro groups is 1. The number of pyridine rings is 1. The molecule has 6 heteroatoms. The molecule has 0 radical (unpaired) electrons. The summed E-state index contributed by atoms with van der Waals surface area (Å²) in [5.41, 5.74) is 1.81. The topological polar surface area (TPSA) is 65.3 Å². The molecule has 5 nitrogen and oxygen atoms in total. The lowest BCUT2D eigenvalue weighted by Gasteiger charge is -2.09. The van der Waals surface area contributed by atoms with E-state index in [4.69, 9.17) is 4.74 Å². The number of halogens is 1. The molecule has 0 fully saturated rings. The van der Waals surface area contributed by atoms with Gasteiger partial charge in [-0.15, -0.1) is 0 Å². The molecule has 2 aromatic carbocycles. The zero-order valence-electron chi connectivity index (χ0n) is 12.3. The summed E-state index contributed by atoms with van der Waals surface area (Å²) in [7, 11) is 0. The van der Waals surface area contributed by atoms with Gasteiger partial charge in [0.2, 0.25) is 0 Å². The lowest BCUT2D eigenvalue weighted by Crippen LogP contribution is -2.01. The van der Waals surface area contributed by atoms with Gasteiger partial charge in [-0.3, -0.25) is 15.1 Å². The van der Waals surface area contributed by atoms with E-state index < -0.39 is 10.7 Å². The molecule has 116 valence electrons. The highest BCUT2D eigenvalue weighted by atomic mass is 19.1. The normalized spacial score (nSPS) is 10.7. The van der Waals surface area contributed by atoms with Crippen molar-refractivity contribution in [1.29, 1.82) is 0 Å². The number of nitro benzene ring substituents is 1. The summed E-state index contributed by atoms with van der Waals surface area (Å²) in [6.45, 7) is 1.76. The van der Waals surface area contributed by atoms with E-state index in [1.165, 1.54) is 18.2 Å². The van der Waals surface area contributed by atoms with Gasteiger partial charge in [0.05, 0.1) is 10.4 Å². The van der Waals surface area contributed by atoms with Gasteiger partial charge in [0.25, 0.3) is 0 Å². The molecule has 0 aliphatic heterocycles. The molecule has 1 heterocycles. The molecule has 3 rings (SSSR count). The largest absolute Gasteiger partial charge is 0.482 e. The van der Waals surface area contributed by atoms with Crippen molar-refractivity contribution in [2.45, 2.75) is 13.5 Å². The van der Waals surface area contributed by atoms with E-state index in [-0.39, 0.29) is 18.0 Å². The van der Waals surface area contributed by atoms with E-state index in [9.17, 15) is 14.5 Å². The first-order valence-corrected chi connectivity index (χ1v) is 6.95. The summed E-state index contributed by atoms with van der Waals surface area (Å²) in [5, 5.41) is 11.8. The molecule has 0 spiro atoms. The van der Waals surface area contributed by atoms with Crippen LogP contribution < -0.4 is 4.74 Å². The van der Waals surface area contributed by atoms with Crippen LogP contribution in [0.15, 0.2) is 48.7 Å². The maximum absolute atomic E-state index is 13.7. The van der Waals surface area contributed by atoms with E-state index in [2.05, 4.69) is 4.98 Å². The molecule has 0 saturated carbocycles. The molecule has 0 saturated heterocycles. The quantitative estimate of drug-likeness (QED) is 0.535. The van der Waals surface area contributed by atoms with Crippen LogP contribution in [0.4, 0.5) is 10.1 Å². The van der Waals surface area contributed by atoms with Crippen LogP contribution in [0, 0.1) is 22.9 Å². The van der Waals surface area contributed by atoms with E-state index in [0.717, 1.165) is 5.56 Å². The number of benzene rings is 2. The maximum Gasteiger partial charge on any atom is 0.311 e. The molecule has 0 aliphatic rings. The third-order valence-corrected chi connectivity index (χ3v) is 3.44. The van der Waals surface area contributed by atoms with Gasteiger partial charge in [-0.25, -0.2) is 4.39 Å². The summed E-state index contributed by atoms with van der Waals surface area (Å²) in [6, 6.07) is 10.9. The van der Waals surface area contributed by atoms with Gasteiger partial charge in [0, 0.05) is 23.2 Å². The zero-order chi connectivity index (χ0) is 16.4. The van der Waals surface area contributed by atoms with Gasteiger partial charge in [-0.05, 0) is 36.8 Å². The number of ether oxygens (including phenoxy) is 1. The summed E-state index contributed by atoms with van der Waals surface area (Å²) in [5.74, 6) is -0.253. The molecule has 23 heavy (non-hydrogen) atoms. The van der Waals surface area contributed by atoms with Gasteiger partial charge in [-0.2, -0.15) is 0 Å². The fraction of sp³-hybridized carbons (Fsp3) is 0.118. The molecule has 0 atom stereocenters. The van der Waals surface area contributed by atoms with Gasteiger partial charge >= 0.3 is 5.69 Å². The lowest BCUT2D eigenvalue weighted by atomic mass is 10.1. The van der Waals surface area contributed by atoms with Crippen molar-refractivity contribution in [3.63, 3.8) is 0 Å². The van der Waals surface area contributed by atoms with Crippen molar-refractivity contribution in [2.24, 2.45) is 0 Å². The Labute approximate surface area is 131 Å². The zero-order valence-corrected chi connectivity index (χ0v) is 12.3. The van der Waals surface area contributed by atoms with E-state index in [0.29, 0.717) is 16.5 Å². The van der Waals surface area contributed by atoms with Gasteiger partial charge in [0.1, 0.15) is 12.4 Å². The fourth-order valence-electron chi connectivity index (χ4n) is 2.39. The standard InChI is InChI=1S/C17H13FN2O3/c1-11-4-5-16(15(7-11)20(21)22)23-10-13-9-14(18)8-12-3-2-6-19-17(12)13/h2-9H,10H2,1H3. The average Bonchev–Trinajstić information content (AvgIpc) is 2.53. The second-order valence-corrected chi connectivity index (χ2v) is 5.16. The number of hydrogen-bond acceptors (Lipinski definition) is 4.